The van der Waals surface area contributed by atoms with Gasteiger partial charge in [-0.2, -0.15) is 11.3 Å². The normalized spacial score (nSPS) is 11.4. The van der Waals surface area contributed by atoms with Crippen LogP contribution in [0.1, 0.15) is 38.8 Å². The minimum Gasteiger partial charge on any atom is -0.305 e. The van der Waals surface area contributed by atoms with Gasteiger partial charge in [0.25, 0.3) is 0 Å². The first-order chi connectivity index (χ1) is 26.5. The average Bonchev–Trinajstić information content (AvgIpc) is 3.57. The molecular weight excluding hydrogens is 893 g/mol. The predicted octanol–water partition coefficient (Wildman–Crippen LogP) is 13.7. The van der Waals surface area contributed by atoms with E-state index in [1.54, 1.807) is 0 Å². The number of hydrogen-bond acceptors (Lipinski definition) is 3. The van der Waals surface area contributed by atoms with Gasteiger partial charge in [0.05, 0.1) is 8.07 Å². The molecule has 0 saturated heterocycles. The maximum atomic E-state index is 4.78. The molecule has 0 aliphatic heterocycles. The van der Waals surface area contributed by atoms with E-state index in [0.29, 0.717) is 11.8 Å². The number of fused-ring (bicyclic) bond motifs is 3. The van der Waals surface area contributed by atoms with Gasteiger partial charge in [-0.15, -0.1) is 53.6 Å². The van der Waals surface area contributed by atoms with Crippen molar-refractivity contribution in [3.8, 4) is 44.8 Å². The number of hydrogen-bond donors (Lipinski definition) is 0. The molecule has 0 atom stereocenters. The minimum absolute atomic E-state index is 0. The Labute approximate surface area is 352 Å². The SMILES string of the molecule is CC(C)Cc1cc(-c2[c-]cccc2)ncc1[Si](C)(C)C.CC(C)Cc1ccnc(-c2[c-]cc(-c3ccccc3)c3c2sc2cc(-c4ccccc4)ccc23)c1.[Ir]. The van der Waals surface area contributed by atoms with Crippen molar-refractivity contribution in [3.05, 3.63) is 163 Å². The summed E-state index contributed by atoms with van der Waals surface area (Å²) in [5, 5.41) is 4.07. The standard InChI is InChI=1S/C33H26NS.C18H24NSi.Ir/c1-22(2)19-23-17-18-34-30(20-23)28-16-15-27(25-11-7-4-8-12-25)32-29-14-13-26(21-31(29)35-33(28)32)24-9-5-3-6-10-24;1-14(2)11-16-12-17(15-9-7-6-8-10-15)19-13-18(16)20(3,4)5;/h3-15,17-18,20-22H,19H2,1-2H3;6-9,12-14H,11H2,1-5H3;/q2*-1;. The molecule has 1 radical (unpaired) electrons. The third-order valence-corrected chi connectivity index (χ3v) is 13.1. The molecule has 2 nitrogen and oxygen atoms in total. The Morgan fingerprint density at radius 3 is 2.02 bits per heavy atom. The van der Waals surface area contributed by atoms with Crippen molar-refractivity contribution in [2.75, 3.05) is 0 Å². The van der Waals surface area contributed by atoms with Crippen molar-refractivity contribution in [1.82, 2.24) is 9.97 Å². The fourth-order valence-electron chi connectivity index (χ4n) is 7.36. The van der Waals surface area contributed by atoms with Crippen LogP contribution in [-0.2, 0) is 32.9 Å². The zero-order chi connectivity index (χ0) is 38.5. The van der Waals surface area contributed by atoms with Gasteiger partial charge in [-0.25, -0.2) is 0 Å². The first kappa shape index (κ1) is 41.1. The van der Waals surface area contributed by atoms with E-state index in [9.17, 15) is 0 Å². The average molecular weight is 943 g/mol. The van der Waals surface area contributed by atoms with Crippen LogP contribution in [-0.4, -0.2) is 18.0 Å². The fraction of sp³-hybridized carbons (Fsp3) is 0.216. The van der Waals surface area contributed by atoms with Crippen LogP contribution in [0.2, 0.25) is 19.6 Å². The smallest absolute Gasteiger partial charge is 0.0798 e. The molecule has 3 aromatic heterocycles. The summed E-state index contributed by atoms with van der Waals surface area (Å²) < 4.78 is 2.54. The fourth-order valence-corrected chi connectivity index (χ4v) is 10.2. The molecule has 0 spiro atoms. The van der Waals surface area contributed by atoms with Gasteiger partial charge in [-0.3, -0.25) is 0 Å². The largest absolute Gasteiger partial charge is 0.305 e. The summed E-state index contributed by atoms with van der Waals surface area (Å²) in [6.07, 6.45) is 6.23. The van der Waals surface area contributed by atoms with E-state index in [1.807, 2.05) is 35.7 Å². The predicted molar refractivity (Wildman–Crippen MR) is 241 cm³/mol. The van der Waals surface area contributed by atoms with Crippen LogP contribution in [0.5, 0.6) is 0 Å². The maximum Gasteiger partial charge on any atom is 0.0798 e. The van der Waals surface area contributed by atoms with Crippen molar-refractivity contribution in [3.63, 3.8) is 0 Å². The Morgan fingerprint density at radius 2 is 1.36 bits per heavy atom. The van der Waals surface area contributed by atoms with Crippen LogP contribution in [0, 0.1) is 24.0 Å². The molecule has 0 aliphatic carbocycles. The molecule has 0 bridgehead atoms. The Hall–Kier alpha value is -4.51. The number of pyridine rings is 2. The van der Waals surface area contributed by atoms with Crippen LogP contribution in [0.4, 0.5) is 0 Å². The summed E-state index contributed by atoms with van der Waals surface area (Å²) in [5.74, 6) is 1.27. The van der Waals surface area contributed by atoms with Gasteiger partial charge in [0.1, 0.15) is 0 Å². The van der Waals surface area contributed by atoms with Gasteiger partial charge >= 0.3 is 0 Å². The Bertz CT molecular complexity index is 2520. The zero-order valence-electron chi connectivity index (χ0n) is 33.5. The Morgan fingerprint density at radius 1 is 0.661 bits per heavy atom. The summed E-state index contributed by atoms with van der Waals surface area (Å²) in [6.45, 7) is 16.3. The molecule has 0 N–H and O–H groups in total. The minimum atomic E-state index is -1.34. The van der Waals surface area contributed by atoms with E-state index in [2.05, 4.69) is 180 Å². The third kappa shape index (κ3) is 9.53. The Kier molecular flexibility index (Phi) is 13.3. The summed E-state index contributed by atoms with van der Waals surface area (Å²) in [5.41, 5.74) is 11.9. The molecule has 0 fully saturated rings. The topological polar surface area (TPSA) is 25.8 Å². The number of aromatic nitrogens is 2. The molecule has 0 aliphatic rings. The molecule has 0 saturated carbocycles. The van der Waals surface area contributed by atoms with Gasteiger partial charge in [0, 0.05) is 37.2 Å². The summed E-state index contributed by atoms with van der Waals surface area (Å²) >= 11 is 1.85. The Balaban J connectivity index is 0.000000217. The second kappa shape index (κ2) is 18.2. The van der Waals surface area contributed by atoms with E-state index < -0.39 is 8.07 Å². The first-order valence-corrected chi connectivity index (χ1v) is 23.8. The van der Waals surface area contributed by atoms with E-state index in [-0.39, 0.29) is 20.1 Å². The second-order valence-electron chi connectivity index (χ2n) is 16.3. The quantitative estimate of drug-likeness (QED) is 0.106. The number of rotatable bonds is 9. The van der Waals surface area contributed by atoms with Gasteiger partial charge in [0.2, 0.25) is 0 Å². The third-order valence-electron chi connectivity index (χ3n) is 9.87. The first-order valence-electron chi connectivity index (χ1n) is 19.5. The van der Waals surface area contributed by atoms with Gasteiger partial charge in [-0.1, -0.05) is 160 Å². The molecular formula is C51H50IrN2SSi-2. The van der Waals surface area contributed by atoms with Crippen LogP contribution in [0.15, 0.2) is 140 Å². The summed E-state index contributed by atoms with van der Waals surface area (Å²) in [6, 6.07) is 51.9. The molecule has 285 valence electrons. The molecule has 0 amide bonds. The maximum absolute atomic E-state index is 4.78. The van der Waals surface area contributed by atoms with Gasteiger partial charge in [-0.05, 0) is 74.6 Å². The van der Waals surface area contributed by atoms with E-state index in [4.69, 9.17) is 4.98 Å². The second-order valence-corrected chi connectivity index (χ2v) is 22.4. The van der Waals surface area contributed by atoms with Crippen molar-refractivity contribution in [2.45, 2.75) is 60.2 Å². The van der Waals surface area contributed by atoms with Gasteiger partial charge in [0.15, 0.2) is 0 Å². The van der Waals surface area contributed by atoms with E-state index in [0.717, 1.165) is 35.4 Å². The van der Waals surface area contributed by atoms with Crippen molar-refractivity contribution in [1.29, 1.82) is 0 Å². The van der Waals surface area contributed by atoms with Crippen LogP contribution in [0.3, 0.4) is 0 Å². The van der Waals surface area contributed by atoms with Crippen molar-refractivity contribution >= 4 is 44.8 Å². The summed E-state index contributed by atoms with van der Waals surface area (Å²) in [7, 11) is -1.34. The number of nitrogens with zero attached hydrogens (tertiary/aromatic N) is 2. The van der Waals surface area contributed by atoms with Crippen molar-refractivity contribution < 1.29 is 20.1 Å². The van der Waals surface area contributed by atoms with Crippen molar-refractivity contribution in [2.24, 2.45) is 11.8 Å². The van der Waals surface area contributed by atoms with Gasteiger partial charge < -0.3 is 9.97 Å². The van der Waals surface area contributed by atoms with E-state index >= 15 is 0 Å². The molecule has 5 aromatic carbocycles. The molecule has 8 rings (SSSR count). The molecule has 5 heteroatoms. The van der Waals surface area contributed by atoms with Crippen LogP contribution >= 0.6 is 11.3 Å². The summed E-state index contributed by atoms with van der Waals surface area (Å²) in [4.78, 5) is 9.47. The molecule has 3 heterocycles. The van der Waals surface area contributed by atoms with Crippen LogP contribution < -0.4 is 5.19 Å². The zero-order valence-corrected chi connectivity index (χ0v) is 37.7. The number of benzene rings is 5. The molecule has 56 heavy (non-hydrogen) atoms. The molecule has 8 aromatic rings. The molecule has 0 unspecified atom stereocenters. The number of thiophene rings is 1. The van der Waals surface area contributed by atoms with Crippen LogP contribution in [0.25, 0.3) is 64.9 Å². The van der Waals surface area contributed by atoms with E-state index in [1.165, 1.54) is 58.7 Å². The monoisotopic (exact) mass is 943 g/mol.